The van der Waals surface area contributed by atoms with Crippen LogP contribution in [0.2, 0.25) is 15.1 Å². The first kappa shape index (κ1) is 12.4. The van der Waals surface area contributed by atoms with Gasteiger partial charge >= 0.3 is 0 Å². The quantitative estimate of drug-likeness (QED) is 0.787. The number of benzene rings is 1. The second-order valence-corrected chi connectivity index (χ2v) is 4.47. The van der Waals surface area contributed by atoms with Crippen molar-refractivity contribution in [2.45, 2.75) is 0 Å². The van der Waals surface area contributed by atoms with Crippen LogP contribution in [-0.2, 0) is 0 Å². The Bertz CT molecular complexity index is 639. The lowest BCUT2D eigenvalue weighted by atomic mass is 10.1. The first-order valence-electron chi connectivity index (χ1n) is 4.53. The first-order valence-corrected chi connectivity index (χ1v) is 5.66. The van der Waals surface area contributed by atoms with E-state index in [0.717, 1.165) is 12.3 Å². The number of halogens is 4. The van der Waals surface area contributed by atoms with Gasteiger partial charge in [-0.25, -0.2) is 4.39 Å². The van der Waals surface area contributed by atoms with Crippen molar-refractivity contribution in [1.82, 2.24) is 4.98 Å². The molecule has 0 fully saturated rings. The lowest BCUT2D eigenvalue weighted by Gasteiger charge is -2.07. The van der Waals surface area contributed by atoms with Crippen molar-refractivity contribution < 1.29 is 4.39 Å². The maximum Gasteiger partial charge on any atom is 0.256 e. The smallest absolute Gasteiger partial charge is 0.256 e. The molecule has 0 aliphatic rings. The minimum absolute atomic E-state index is 0.0440. The molecule has 88 valence electrons. The van der Waals surface area contributed by atoms with Gasteiger partial charge in [-0.15, -0.1) is 0 Å². The summed E-state index contributed by atoms with van der Waals surface area (Å²) in [5.74, 6) is -0.591. The number of H-pyrrole nitrogens is 1. The molecule has 2 rings (SSSR count). The number of rotatable bonds is 1. The Balaban J connectivity index is 2.81. The minimum Gasteiger partial charge on any atom is -0.326 e. The van der Waals surface area contributed by atoms with Crippen LogP contribution in [0.3, 0.4) is 0 Å². The van der Waals surface area contributed by atoms with Crippen molar-refractivity contribution in [1.29, 1.82) is 0 Å². The number of aromatic amines is 1. The van der Waals surface area contributed by atoms with E-state index < -0.39 is 11.4 Å². The van der Waals surface area contributed by atoms with E-state index in [4.69, 9.17) is 34.8 Å². The van der Waals surface area contributed by atoms with E-state index in [9.17, 15) is 9.18 Å². The Morgan fingerprint density at radius 1 is 1.12 bits per heavy atom. The fraction of sp³-hybridized carbons (Fsp3) is 0. The average Bonchev–Trinajstić information content (AvgIpc) is 2.29. The average molecular weight is 293 g/mol. The summed E-state index contributed by atoms with van der Waals surface area (Å²) in [4.78, 5) is 13.9. The Labute approximate surface area is 111 Å². The van der Waals surface area contributed by atoms with E-state index in [1.165, 1.54) is 12.1 Å². The van der Waals surface area contributed by atoms with Crippen LogP contribution in [0.1, 0.15) is 0 Å². The van der Waals surface area contributed by atoms with Crippen molar-refractivity contribution in [3.63, 3.8) is 0 Å². The molecule has 0 saturated carbocycles. The molecule has 6 heteroatoms. The minimum atomic E-state index is -0.591. The number of pyridine rings is 1. The fourth-order valence-electron chi connectivity index (χ4n) is 1.42. The fourth-order valence-corrected chi connectivity index (χ4v) is 2.15. The number of aromatic nitrogens is 1. The molecule has 1 aromatic heterocycles. The highest BCUT2D eigenvalue weighted by molar-refractivity contribution is 6.46. The van der Waals surface area contributed by atoms with Gasteiger partial charge < -0.3 is 4.98 Å². The summed E-state index contributed by atoms with van der Waals surface area (Å²) in [6, 6.07) is 4.06. The van der Waals surface area contributed by atoms with Crippen molar-refractivity contribution >= 4 is 34.8 Å². The van der Waals surface area contributed by atoms with Gasteiger partial charge in [0.15, 0.2) is 0 Å². The zero-order valence-electron chi connectivity index (χ0n) is 8.23. The Morgan fingerprint density at radius 2 is 1.76 bits per heavy atom. The van der Waals surface area contributed by atoms with Gasteiger partial charge in [0.2, 0.25) is 0 Å². The lowest BCUT2D eigenvalue weighted by molar-refractivity contribution is 0.621. The molecule has 0 spiro atoms. The largest absolute Gasteiger partial charge is 0.326 e. The van der Waals surface area contributed by atoms with E-state index >= 15 is 0 Å². The molecule has 0 amide bonds. The summed E-state index contributed by atoms with van der Waals surface area (Å²) in [7, 11) is 0. The molecule has 2 nitrogen and oxygen atoms in total. The number of hydrogen-bond donors (Lipinski definition) is 1. The van der Waals surface area contributed by atoms with Crippen LogP contribution in [0.15, 0.2) is 29.2 Å². The molecule has 0 bridgehead atoms. The van der Waals surface area contributed by atoms with E-state index in [0.29, 0.717) is 0 Å². The van der Waals surface area contributed by atoms with Crippen molar-refractivity contribution in [3.8, 4) is 11.1 Å². The van der Waals surface area contributed by atoms with Gasteiger partial charge in [0.1, 0.15) is 5.82 Å². The van der Waals surface area contributed by atoms with Crippen molar-refractivity contribution in [3.05, 3.63) is 55.6 Å². The summed E-state index contributed by atoms with van der Waals surface area (Å²) < 4.78 is 13.1. The predicted octanol–water partition coefficient (Wildman–Crippen LogP) is 4.14. The molecular weight excluding hydrogens is 287 g/mol. The van der Waals surface area contributed by atoms with E-state index in [2.05, 4.69) is 4.98 Å². The highest BCUT2D eigenvalue weighted by Gasteiger charge is 2.15. The molecule has 0 atom stereocenters. The Hall–Kier alpha value is -1.03. The zero-order chi connectivity index (χ0) is 12.6. The second-order valence-electron chi connectivity index (χ2n) is 3.28. The van der Waals surface area contributed by atoms with Crippen molar-refractivity contribution in [2.75, 3.05) is 0 Å². The van der Waals surface area contributed by atoms with Crippen LogP contribution in [0, 0.1) is 5.82 Å². The van der Waals surface area contributed by atoms with Crippen LogP contribution < -0.4 is 5.56 Å². The molecule has 0 unspecified atom stereocenters. The molecule has 17 heavy (non-hydrogen) atoms. The van der Waals surface area contributed by atoms with E-state index in [1.807, 2.05) is 0 Å². The van der Waals surface area contributed by atoms with Crippen LogP contribution in [0.25, 0.3) is 11.1 Å². The van der Waals surface area contributed by atoms with Crippen LogP contribution in [0.4, 0.5) is 4.39 Å². The van der Waals surface area contributed by atoms with Gasteiger partial charge in [0.25, 0.3) is 5.56 Å². The monoisotopic (exact) mass is 291 g/mol. The third kappa shape index (κ3) is 2.32. The molecule has 0 aliphatic heterocycles. The molecular formula is C11H5Cl3FNO. The SMILES string of the molecule is O=c1[nH]cc(F)cc1-c1c(Cl)ccc(Cl)c1Cl. The van der Waals surface area contributed by atoms with Gasteiger partial charge in [0, 0.05) is 11.8 Å². The Morgan fingerprint density at radius 3 is 2.47 bits per heavy atom. The molecule has 0 saturated heterocycles. The molecule has 0 aliphatic carbocycles. The van der Waals surface area contributed by atoms with Gasteiger partial charge in [-0.1, -0.05) is 34.8 Å². The van der Waals surface area contributed by atoms with Gasteiger partial charge in [-0.2, -0.15) is 0 Å². The summed E-state index contributed by atoms with van der Waals surface area (Å²) in [5, 5.41) is 0.598. The van der Waals surface area contributed by atoms with Gasteiger partial charge in [0.05, 0.1) is 20.6 Å². The lowest BCUT2D eigenvalue weighted by Crippen LogP contribution is -2.09. The molecule has 2 aromatic rings. The van der Waals surface area contributed by atoms with Gasteiger partial charge in [-0.05, 0) is 18.2 Å². The molecule has 1 N–H and O–H groups in total. The predicted molar refractivity (Wildman–Crippen MR) is 67.5 cm³/mol. The van der Waals surface area contributed by atoms with E-state index in [-0.39, 0.29) is 26.2 Å². The summed E-state index contributed by atoms with van der Waals surface area (Å²) in [6.07, 6.45) is 0.957. The van der Waals surface area contributed by atoms with Crippen LogP contribution in [-0.4, -0.2) is 4.98 Å². The Kier molecular flexibility index (Phi) is 3.43. The number of hydrogen-bond acceptors (Lipinski definition) is 1. The number of nitrogens with one attached hydrogen (secondary N) is 1. The second kappa shape index (κ2) is 4.69. The van der Waals surface area contributed by atoms with E-state index in [1.54, 1.807) is 0 Å². The molecule has 1 aromatic carbocycles. The first-order chi connectivity index (χ1) is 8.00. The topological polar surface area (TPSA) is 32.9 Å². The van der Waals surface area contributed by atoms with Crippen LogP contribution in [0.5, 0.6) is 0 Å². The third-order valence-electron chi connectivity index (χ3n) is 2.18. The summed E-state index contributed by atoms with van der Waals surface area (Å²) in [5.41, 5.74) is -0.221. The summed E-state index contributed by atoms with van der Waals surface area (Å²) >= 11 is 17.7. The van der Waals surface area contributed by atoms with Crippen LogP contribution >= 0.6 is 34.8 Å². The molecule has 0 radical (unpaired) electrons. The normalized spacial score (nSPS) is 10.6. The third-order valence-corrected chi connectivity index (χ3v) is 3.30. The highest BCUT2D eigenvalue weighted by Crippen LogP contribution is 2.37. The maximum absolute atomic E-state index is 13.1. The highest BCUT2D eigenvalue weighted by atomic mass is 35.5. The summed E-state index contributed by atoms with van der Waals surface area (Å²) in [6.45, 7) is 0. The van der Waals surface area contributed by atoms with Gasteiger partial charge in [-0.3, -0.25) is 4.79 Å². The van der Waals surface area contributed by atoms with Crippen molar-refractivity contribution in [2.24, 2.45) is 0 Å². The zero-order valence-corrected chi connectivity index (χ0v) is 10.5. The standard InChI is InChI=1S/C11H5Cl3FNO/c12-7-1-2-8(13)10(14)9(7)6-3-5(15)4-16-11(6)17/h1-4H,(H,16,17). The molecule has 1 heterocycles. The maximum atomic E-state index is 13.1.